The van der Waals surface area contributed by atoms with Gasteiger partial charge in [0, 0.05) is 26.2 Å². The van der Waals surface area contributed by atoms with Crippen molar-refractivity contribution in [3.8, 4) is 0 Å². The molecular weight excluding hydrogens is 232 g/mol. The lowest BCUT2D eigenvalue weighted by atomic mass is 9.77. The van der Waals surface area contributed by atoms with E-state index in [1.165, 1.54) is 77.7 Å². The molecule has 2 rings (SSSR count). The van der Waals surface area contributed by atoms with Gasteiger partial charge in [0.2, 0.25) is 0 Å². The van der Waals surface area contributed by atoms with Crippen molar-refractivity contribution < 1.29 is 0 Å². The summed E-state index contributed by atoms with van der Waals surface area (Å²) in [4.78, 5) is 2.64. The summed E-state index contributed by atoms with van der Waals surface area (Å²) in [5.41, 5.74) is 0. The molecule has 0 bridgehead atoms. The Bertz CT molecular complexity index is 225. The molecule has 0 atom stereocenters. The van der Waals surface area contributed by atoms with Gasteiger partial charge in [0.05, 0.1) is 0 Å². The standard InChI is InChI=1S/C17H34N2/c1-15(2)14-17-7-5-16(6-8-17)4-3-11-19-12-9-18-10-13-19/h15-18H,3-14H2,1-2H3. The van der Waals surface area contributed by atoms with E-state index in [0.717, 1.165) is 17.8 Å². The number of nitrogens with zero attached hydrogens (tertiary/aromatic N) is 1. The number of hydrogen-bond donors (Lipinski definition) is 1. The van der Waals surface area contributed by atoms with Gasteiger partial charge in [0.1, 0.15) is 0 Å². The van der Waals surface area contributed by atoms with Crippen molar-refractivity contribution in [2.45, 2.75) is 58.8 Å². The minimum Gasteiger partial charge on any atom is -0.314 e. The highest BCUT2D eigenvalue weighted by atomic mass is 15.2. The summed E-state index contributed by atoms with van der Waals surface area (Å²) in [5, 5.41) is 3.43. The highest BCUT2D eigenvalue weighted by Gasteiger charge is 2.21. The lowest BCUT2D eigenvalue weighted by molar-refractivity contribution is 0.206. The lowest BCUT2D eigenvalue weighted by Gasteiger charge is -2.31. The summed E-state index contributed by atoms with van der Waals surface area (Å²) in [7, 11) is 0. The lowest BCUT2D eigenvalue weighted by Crippen LogP contribution is -2.43. The molecule has 0 amide bonds. The van der Waals surface area contributed by atoms with Crippen LogP contribution in [0.2, 0.25) is 0 Å². The highest BCUT2D eigenvalue weighted by Crippen LogP contribution is 2.34. The molecule has 1 aliphatic carbocycles. The van der Waals surface area contributed by atoms with Gasteiger partial charge in [0.25, 0.3) is 0 Å². The Kier molecular flexibility index (Phi) is 6.66. The van der Waals surface area contributed by atoms with Crippen LogP contribution in [0.4, 0.5) is 0 Å². The molecule has 0 aromatic rings. The van der Waals surface area contributed by atoms with Crippen molar-refractivity contribution in [1.29, 1.82) is 0 Å². The minimum atomic E-state index is 0.897. The topological polar surface area (TPSA) is 15.3 Å². The predicted octanol–water partition coefficient (Wildman–Crippen LogP) is 3.52. The Hall–Kier alpha value is -0.0800. The minimum absolute atomic E-state index is 0.897. The molecule has 1 aliphatic heterocycles. The van der Waals surface area contributed by atoms with Gasteiger partial charge in [0.15, 0.2) is 0 Å². The summed E-state index contributed by atoms with van der Waals surface area (Å²) in [6.07, 6.45) is 10.4. The third-order valence-corrected chi connectivity index (χ3v) is 5.07. The maximum atomic E-state index is 3.43. The third-order valence-electron chi connectivity index (χ3n) is 5.07. The van der Waals surface area contributed by atoms with Crippen LogP contribution in [0.1, 0.15) is 58.8 Å². The second-order valence-corrected chi connectivity index (χ2v) is 7.25. The molecule has 0 radical (unpaired) electrons. The van der Waals surface area contributed by atoms with Gasteiger partial charge in [-0.3, -0.25) is 0 Å². The SMILES string of the molecule is CC(C)CC1CCC(CCCN2CCNCC2)CC1. The molecule has 19 heavy (non-hydrogen) atoms. The number of rotatable bonds is 6. The molecular formula is C17H34N2. The van der Waals surface area contributed by atoms with Crippen LogP contribution in [0.3, 0.4) is 0 Å². The van der Waals surface area contributed by atoms with Crippen LogP contribution in [0.5, 0.6) is 0 Å². The van der Waals surface area contributed by atoms with Gasteiger partial charge in [-0.05, 0) is 43.6 Å². The molecule has 0 aromatic carbocycles. The van der Waals surface area contributed by atoms with Crippen LogP contribution in [0, 0.1) is 17.8 Å². The molecule has 0 aromatic heterocycles. The first kappa shape index (κ1) is 15.3. The summed E-state index contributed by atoms with van der Waals surface area (Å²) in [5.74, 6) is 2.99. The fourth-order valence-corrected chi connectivity index (χ4v) is 3.96. The molecule has 1 saturated carbocycles. The molecule has 0 spiro atoms. The first-order valence-corrected chi connectivity index (χ1v) is 8.67. The number of nitrogens with one attached hydrogen (secondary N) is 1. The maximum absolute atomic E-state index is 3.43. The van der Waals surface area contributed by atoms with Crippen molar-refractivity contribution >= 4 is 0 Å². The van der Waals surface area contributed by atoms with E-state index >= 15 is 0 Å². The largest absolute Gasteiger partial charge is 0.314 e. The first-order chi connectivity index (χ1) is 9.24. The van der Waals surface area contributed by atoms with Gasteiger partial charge < -0.3 is 10.2 Å². The van der Waals surface area contributed by atoms with E-state index in [1.807, 2.05) is 0 Å². The Morgan fingerprint density at radius 2 is 1.63 bits per heavy atom. The van der Waals surface area contributed by atoms with Crippen LogP contribution in [0.25, 0.3) is 0 Å². The number of hydrogen-bond acceptors (Lipinski definition) is 2. The summed E-state index contributed by atoms with van der Waals surface area (Å²) in [6.45, 7) is 11.0. The van der Waals surface area contributed by atoms with Crippen LogP contribution >= 0.6 is 0 Å². The van der Waals surface area contributed by atoms with Crippen LogP contribution < -0.4 is 5.32 Å². The van der Waals surface area contributed by atoms with E-state index < -0.39 is 0 Å². The molecule has 2 nitrogen and oxygen atoms in total. The van der Waals surface area contributed by atoms with Crippen molar-refractivity contribution in [2.75, 3.05) is 32.7 Å². The van der Waals surface area contributed by atoms with E-state index in [-0.39, 0.29) is 0 Å². The van der Waals surface area contributed by atoms with Gasteiger partial charge in [-0.25, -0.2) is 0 Å². The summed E-state index contributed by atoms with van der Waals surface area (Å²) >= 11 is 0. The predicted molar refractivity (Wildman–Crippen MR) is 83.4 cm³/mol. The highest BCUT2D eigenvalue weighted by molar-refractivity contribution is 4.74. The third kappa shape index (κ3) is 5.83. The van der Waals surface area contributed by atoms with Gasteiger partial charge >= 0.3 is 0 Å². The fourth-order valence-electron chi connectivity index (χ4n) is 3.96. The zero-order valence-electron chi connectivity index (χ0n) is 13.2. The maximum Gasteiger partial charge on any atom is 0.0107 e. The normalized spacial score (nSPS) is 29.8. The summed E-state index contributed by atoms with van der Waals surface area (Å²) < 4.78 is 0. The van der Waals surface area contributed by atoms with E-state index in [0.29, 0.717) is 0 Å². The average Bonchev–Trinajstić information content (AvgIpc) is 2.41. The summed E-state index contributed by atoms with van der Waals surface area (Å²) in [6, 6.07) is 0. The zero-order chi connectivity index (χ0) is 13.5. The fraction of sp³-hybridized carbons (Fsp3) is 1.00. The van der Waals surface area contributed by atoms with Gasteiger partial charge in [-0.15, -0.1) is 0 Å². The van der Waals surface area contributed by atoms with Crippen LogP contribution in [-0.2, 0) is 0 Å². The Morgan fingerprint density at radius 3 is 2.26 bits per heavy atom. The molecule has 2 aliphatic rings. The molecule has 2 fully saturated rings. The Balaban J connectivity index is 1.53. The average molecular weight is 266 g/mol. The van der Waals surface area contributed by atoms with Crippen LogP contribution in [-0.4, -0.2) is 37.6 Å². The smallest absolute Gasteiger partial charge is 0.0107 e. The number of piperazine rings is 1. The van der Waals surface area contributed by atoms with E-state index in [2.05, 4.69) is 24.1 Å². The first-order valence-electron chi connectivity index (χ1n) is 8.67. The van der Waals surface area contributed by atoms with E-state index in [1.54, 1.807) is 0 Å². The zero-order valence-corrected chi connectivity index (χ0v) is 13.2. The molecule has 1 N–H and O–H groups in total. The molecule has 2 heteroatoms. The molecule has 1 saturated heterocycles. The molecule has 112 valence electrons. The Morgan fingerprint density at radius 1 is 1.00 bits per heavy atom. The van der Waals surface area contributed by atoms with Crippen molar-refractivity contribution in [3.63, 3.8) is 0 Å². The Labute approximate surface area is 120 Å². The van der Waals surface area contributed by atoms with Crippen LogP contribution in [0.15, 0.2) is 0 Å². The van der Waals surface area contributed by atoms with Gasteiger partial charge in [-0.2, -0.15) is 0 Å². The van der Waals surface area contributed by atoms with Gasteiger partial charge in [-0.1, -0.05) is 39.5 Å². The second kappa shape index (κ2) is 8.26. The van der Waals surface area contributed by atoms with E-state index in [9.17, 15) is 0 Å². The van der Waals surface area contributed by atoms with Crippen molar-refractivity contribution in [1.82, 2.24) is 10.2 Å². The van der Waals surface area contributed by atoms with E-state index in [4.69, 9.17) is 0 Å². The van der Waals surface area contributed by atoms with Crippen molar-refractivity contribution in [2.24, 2.45) is 17.8 Å². The molecule has 1 heterocycles. The quantitative estimate of drug-likeness (QED) is 0.791. The molecule has 0 unspecified atom stereocenters. The van der Waals surface area contributed by atoms with Crippen molar-refractivity contribution in [3.05, 3.63) is 0 Å². The second-order valence-electron chi connectivity index (χ2n) is 7.25. The monoisotopic (exact) mass is 266 g/mol.